The molecule has 1 saturated heterocycles. The highest BCUT2D eigenvalue weighted by Gasteiger charge is 2.35. The monoisotopic (exact) mass is 551 g/mol. The van der Waals surface area contributed by atoms with Crippen LogP contribution < -0.4 is 0 Å². The number of amides is 1. The SMILES string of the molecule is CC(C)(C)OC(=O)N1CC(n2cc(-c3cnn(COCCS(C)(C)C)c3)c3cc(Br)ncc32)C1. The summed E-state index contributed by atoms with van der Waals surface area (Å²) in [5.74, 6) is 1.08. The average Bonchev–Trinajstić information content (AvgIpc) is 3.26. The van der Waals surface area contributed by atoms with Crippen molar-refractivity contribution in [2.24, 2.45) is 0 Å². The Kier molecular flexibility index (Phi) is 7.04. The van der Waals surface area contributed by atoms with E-state index in [9.17, 15) is 4.79 Å². The van der Waals surface area contributed by atoms with E-state index in [-0.39, 0.29) is 12.1 Å². The van der Waals surface area contributed by atoms with Crippen LogP contribution in [0.5, 0.6) is 0 Å². The number of aromatic nitrogens is 4. The summed E-state index contributed by atoms with van der Waals surface area (Å²) in [7, 11) is -0.566. The van der Waals surface area contributed by atoms with E-state index in [0.29, 0.717) is 19.8 Å². The smallest absolute Gasteiger partial charge is 0.410 e. The predicted molar refractivity (Wildman–Crippen MR) is 142 cm³/mol. The molecule has 0 unspecified atom stereocenters. The van der Waals surface area contributed by atoms with Crippen molar-refractivity contribution >= 4 is 43.0 Å². The molecule has 0 bridgehead atoms. The molecule has 1 aliphatic heterocycles. The second kappa shape index (κ2) is 9.54. The van der Waals surface area contributed by atoms with Crippen molar-refractivity contribution in [3.63, 3.8) is 0 Å². The minimum Gasteiger partial charge on any atom is -0.444 e. The molecule has 1 fully saturated rings. The van der Waals surface area contributed by atoms with Crippen molar-refractivity contribution < 1.29 is 14.3 Å². The van der Waals surface area contributed by atoms with E-state index in [1.165, 1.54) is 0 Å². The average molecular weight is 553 g/mol. The van der Waals surface area contributed by atoms with Crippen LogP contribution in [0, 0.1) is 0 Å². The largest absolute Gasteiger partial charge is 0.444 e. The highest BCUT2D eigenvalue weighted by atomic mass is 79.9. The second-order valence-electron chi connectivity index (χ2n) is 10.6. The molecule has 0 atom stereocenters. The minimum atomic E-state index is -0.566. The number of hydrogen-bond acceptors (Lipinski definition) is 5. The molecular weight excluding hydrogens is 518 g/mol. The highest BCUT2D eigenvalue weighted by molar-refractivity contribution is 9.10. The summed E-state index contributed by atoms with van der Waals surface area (Å²) in [4.78, 5) is 18.6. The van der Waals surface area contributed by atoms with Gasteiger partial charge in [0.05, 0.1) is 30.6 Å². The number of rotatable bonds is 7. The Morgan fingerprint density at radius 1 is 1.21 bits per heavy atom. The summed E-state index contributed by atoms with van der Waals surface area (Å²) in [6.45, 7) is 8.04. The van der Waals surface area contributed by atoms with E-state index in [1.807, 2.05) is 50.1 Å². The van der Waals surface area contributed by atoms with Crippen LogP contribution in [0.1, 0.15) is 26.8 Å². The van der Waals surface area contributed by atoms with Gasteiger partial charge in [0.2, 0.25) is 0 Å². The van der Waals surface area contributed by atoms with Gasteiger partial charge in [0, 0.05) is 47.7 Å². The van der Waals surface area contributed by atoms with Gasteiger partial charge in [-0.3, -0.25) is 0 Å². The van der Waals surface area contributed by atoms with Gasteiger partial charge in [0.1, 0.15) is 16.9 Å². The van der Waals surface area contributed by atoms with Gasteiger partial charge in [0.25, 0.3) is 0 Å². The van der Waals surface area contributed by atoms with Gasteiger partial charge in [-0.25, -0.2) is 24.5 Å². The number of carbonyl (C=O) groups is 1. The maximum Gasteiger partial charge on any atom is 0.410 e. The summed E-state index contributed by atoms with van der Waals surface area (Å²) in [6.07, 6.45) is 14.5. The summed E-state index contributed by atoms with van der Waals surface area (Å²) in [5.41, 5.74) is 2.64. The third kappa shape index (κ3) is 5.95. The number of pyridine rings is 1. The molecule has 34 heavy (non-hydrogen) atoms. The first kappa shape index (κ1) is 25.1. The van der Waals surface area contributed by atoms with Crippen LogP contribution in [0.4, 0.5) is 4.79 Å². The van der Waals surface area contributed by atoms with Crippen LogP contribution >= 0.6 is 26.0 Å². The van der Waals surface area contributed by atoms with E-state index < -0.39 is 15.6 Å². The molecule has 8 nitrogen and oxygen atoms in total. The fourth-order valence-corrected chi connectivity index (χ4v) is 4.75. The van der Waals surface area contributed by atoms with E-state index >= 15 is 0 Å². The zero-order chi connectivity index (χ0) is 24.7. The lowest BCUT2D eigenvalue weighted by atomic mass is 10.1. The van der Waals surface area contributed by atoms with Crippen molar-refractivity contribution in [1.29, 1.82) is 0 Å². The third-order valence-electron chi connectivity index (χ3n) is 5.60. The van der Waals surface area contributed by atoms with Gasteiger partial charge in [-0.2, -0.15) is 5.10 Å². The standard InChI is InChI=1S/C24H34BrN5O3S/c1-24(2,3)33-23(31)28-13-18(14-28)30-15-20(19-9-22(25)26-11-21(19)30)17-10-27-29(12-17)16-32-7-8-34(4,5)6/h9-12,15,18H,7-8,13-14,16H2,1-6H3. The molecule has 0 aliphatic carbocycles. The Hall–Kier alpha value is -2.04. The number of halogens is 1. The Morgan fingerprint density at radius 3 is 2.62 bits per heavy atom. The van der Waals surface area contributed by atoms with Crippen molar-refractivity contribution in [2.75, 3.05) is 44.2 Å². The van der Waals surface area contributed by atoms with Crippen molar-refractivity contribution in [2.45, 2.75) is 39.1 Å². The molecule has 1 amide bonds. The molecular formula is C24H34BrN5O3S. The zero-order valence-electron chi connectivity index (χ0n) is 20.7. The fraction of sp³-hybridized carbons (Fsp3) is 0.542. The number of likely N-dealkylation sites (tertiary alicyclic amines) is 1. The van der Waals surface area contributed by atoms with Crippen LogP contribution in [-0.4, -0.2) is 80.1 Å². The summed E-state index contributed by atoms with van der Waals surface area (Å²) in [6, 6.07) is 2.20. The number of ether oxygens (including phenoxy) is 2. The fourth-order valence-electron chi connectivity index (χ4n) is 3.80. The van der Waals surface area contributed by atoms with Gasteiger partial charge in [-0.1, -0.05) is 0 Å². The maximum atomic E-state index is 12.4. The molecule has 10 heteroatoms. The molecule has 186 valence electrons. The van der Waals surface area contributed by atoms with Crippen molar-refractivity contribution in [3.05, 3.63) is 35.5 Å². The molecule has 0 saturated carbocycles. The zero-order valence-corrected chi connectivity index (χ0v) is 23.1. The van der Waals surface area contributed by atoms with Gasteiger partial charge in [0.15, 0.2) is 0 Å². The van der Waals surface area contributed by atoms with E-state index in [0.717, 1.165) is 39.0 Å². The lowest BCUT2D eigenvalue weighted by Gasteiger charge is -2.40. The Morgan fingerprint density at radius 2 is 1.94 bits per heavy atom. The topological polar surface area (TPSA) is 74.4 Å². The molecule has 0 spiro atoms. The van der Waals surface area contributed by atoms with Crippen LogP contribution in [0.2, 0.25) is 0 Å². The van der Waals surface area contributed by atoms with Crippen LogP contribution in [0.25, 0.3) is 22.0 Å². The Bertz CT molecular complexity index is 1170. The minimum absolute atomic E-state index is 0.171. The number of carbonyl (C=O) groups excluding carboxylic acids is 1. The van der Waals surface area contributed by atoms with Crippen LogP contribution in [0.15, 0.2) is 35.5 Å². The molecule has 4 heterocycles. The number of nitrogens with zero attached hydrogens (tertiary/aromatic N) is 5. The van der Waals surface area contributed by atoms with Gasteiger partial charge >= 0.3 is 6.09 Å². The van der Waals surface area contributed by atoms with E-state index in [4.69, 9.17) is 9.47 Å². The first-order valence-corrected chi connectivity index (χ1v) is 15.1. The van der Waals surface area contributed by atoms with Crippen molar-refractivity contribution in [3.8, 4) is 11.1 Å². The summed E-state index contributed by atoms with van der Waals surface area (Å²) in [5, 5.41) is 5.60. The second-order valence-corrected chi connectivity index (χ2v) is 16.0. The van der Waals surface area contributed by atoms with Gasteiger partial charge in [-0.15, -0.1) is 0 Å². The normalized spacial score (nSPS) is 15.6. The van der Waals surface area contributed by atoms with E-state index in [2.05, 4.69) is 55.5 Å². The molecule has 0 radical (unpaired) electrons. The predicted octanol–water partition coefficient (Wildman–Crippen LogP) is 5.12. The third-order valence-corrected chi connectivity index (χ3v) is 7.43. The lowest BCUT2D eigenvalue weighted by molar-refractivity contribution is 0.00158. The van der Waals surface area contributed by atoms with Crippen LogP contribution in [-0.2, 0) is 16.2 Å². The lowest BCUT2D eigenvalue weighted by Crippen LogP contribution is -2.52. The molecule has 3 aromatic heterocycles. The molecule has 4 rings (SSSR count). The van der Waals surface area contributed by atoms with E-state index in [1.54, 1.807) is 4.90 Å². The summed E-state index contributed by atoms with van der Waals surface area (Å²) < 4.78 is 16.2. The van der Waals surface area contributed by atoms with Crippen LogP contribution in [0.3, 0.4) is 0 Å². The first-order chi connectivity index (χ1) is 15.9. The highest BCUT2D eigenvalue weighted by Crippen LogP contribution is 2.36. The Balaban J connectivity index is 1.50. The quantitative estimate of drug-likeness (QED) is 0.301. The van der Waals surface area contributed by atoms with Gasteiger partial charge < -0.3 is 18.9 Å². The molecule has 0 aromatic carbocycles. The molecule has 0 N–H and O–H groups in total. The summed E-state index contributed by atoms with van der Waals surface area (Å²) >= 11 is 3.51. The Labute approximate surface area is 211 Å². The molecule has 3 aromatic rings. The number of hydrogen-bond donors (Lipinski definition) is 0. The molecule has 1 aliphatic rings. The van der Waals surface area contributed by atoms with Gasteiger partial charge in [-0.05, 0) is 61.5 Å². The maximum absolute atomic E-state index is 12.4. The van der Waals surface area contributed by atoms with Crippen molar-refractivity contribution in [1.82, 2.24) is 24.2 Å². The first-order valence-electron chi connectivity index (χ1n) is 11.3. The number of fused-ring (bicyclic) bond motifs is 1.